The number of nitrogens with one attached hydrogen (secondary N) is 2. The number of unbranched alkanes of at least 4 members (excludes halogenated alkanes) is 1. The molecule has 1 aliphatic heterocycles. The smallest absolute Gasteiger partial charge is 0.190 e. The molecule has 2 heterocycles. The highest BCUT2D eigenvalue weighted by atomic mass is 15.3. The van der Waals surface area contributed by atoms with E-state index in [2.05, 4.69) is 44.2 Å². The number of nitrogens with zero attached hydrogens (tertiary/aromatic N) is 4. The Morgan fingerprint density at radius 3 is 2.74 bits per heavy atom. The zero-order valence-corrected chi connectivity index (χ0v) is 17.8. The van der Waals surface area contributed by atoms with Gasteiger partial charge in [-0.1, -0.05) is 39.5 Å². The summed E-state index contributed by atoms with van der Waals surface area (Å²) in [7, 11) is 1.86. The van der Waals surface area contributed by atoms with Gasteiger partial charge in [-0.3, -0.25) is 4.99 Å². The van der Waals surface area contributed by atoms with Crippen LogP contribution in [0.15, 0.2) is 4.99 Å². The van der Waals surface area contributed by atoms with Crippen molar-refractivity contribution in [3.05, 3.63) is 11.6 Å². The molecule has 0 aromatic carbocycles. The largest absolute Gasteiger partial charge is 0.356 e. The molecule has 0 fully saturated rings. The summed E-state index contributed by atoms with van der Waals surface area (Å²) < 4.78 is 2.35. The topological polar surface area (TPSA) is 67.1 Å². The van der Waals surface area contributed by atoms with Gasteiger partial charge in [0.05, 0.1) is 0 Å². The molecule has 1 aromatic heterocycles. The molecule has 1 unspecified atom stereocenters. The monoisotopic (exact) mass is 376 g/mol. The second-order valence-electron chi connectivity index (χ2n) is 7.78. The lowest BCUT2D eigenvalue weighted by molar-refractivity contribution is 0.423. The Kier molecular flexibility index (Phi) is 10.2. The van der Waals surface area contributed by atoms with E-state index in [-0.39, 0.29) is 0 Å². The van der Waals surface area contributed by atoms with Gasteiger partial charge in [0, 0.05) is 39.5 Å². The summed E-state index contributed by atoms with van der Waals surface area (Å²) in [6.45, 7) is 7.56. The number of aromatic nitrogens is 3. The highest BCUT2D eigenvalue weighted by Crippen LogP contribution is 2.15. The Labute approximate surface area is 165 Å². The minimum Gasteiger partial charge on any atom is -0.356 e. The fourth-order valence-corrected chi connectivity index (χ4v) is 3.89. The average Bonchev–Trinajstić information content (AvgIpc) is 2.91. The van der Waals surface area contributed by atoms with E-state index in [1.807, 2.05) is 7.05 Å². The minimum atomic E-state index is 0.750. The molecule has 0 spiro atoms. The summed E-state index contributed by atoms with van der Waals surface area (Å²) >= 11 is 0. The van der Waals surface area contributed by atoms with Crippen LogP contribution in [0.25, 0.3) is 0 Å². The Morgan fingerprint density at radius 2 is 1.96 bits per heavy atom. The van der Waals surface area contributed by atoms with Crippen LogP contribution < -0.4 is 10.6 Å². The number of aryl methyl sites for hydroxylation is 2. The van der Waals surface area contributed by atoms with Crippen LogP contribution in [0.1, 0.15) is 83.3 Å². The number of hydrogen-bond donors (Lipinski definition) is 2. The third kappa shape index (κ3) is 7.51. The summed E-state index contributed by atoms with van der Waals surface area (Å²) in [6, 6.07) is 0. The van der Waals surface area contributed by atoms with Gasteiger partial charge in [-0.15, -0.1) is 10.2 Å². The Balaban J connectivity index is 1.69. The maximum absolute atomic E-state index is 4.42. The Bertz CT molecular complexity index is 551. The van der Waals surface area contributed by atoms with Crippen LogP contribution in [0.2, 0.25) is 0 Å². The SMILES string of the molecule is CCCCC(CCC)CNC(=NC)NCCCc1nnc2n1CCCCC2. The van der Waals surface area contributed by atoms with Crippen molar-refractivity contribution >= 4 is 5.96 Å². The lowest BCUT2D eigenvalue weighted by Gasteiger charge is -2.19. The summed E-state index contributed by atoms with van der Waals surface area (Å²) in [4.78, 5) is 4.38. The molecule has 27 heavy (non-hydrogen) atoms. The van der Waals surface area contributed by atoms with Crippen LogP contribution in [0.4, 0.5) is 0 Å². The van der Waals surface area contributed by atoms with E-state index >= 15 is 0 Å². The maximum Gasteiger partial charge on any atom is 0.190 e. The summed E-state index contributed by atoms with van der Waals surface area (Å²) in [5, 5.41) is 15.8. The van der Waals surface area contributed by atoms with Gasteiger partial charge in [-0.05, 0) is 38.0 Å². The van der Waals surface area contributed by atoms with Crippen molar-refractivity contribution < 1.29 is 0 Å². The second kappa shape index (κ2) is 12.7. The lowest BCUT2D eigenvalue weighted by Crippen LogP contribution is -2.40. The third-order valence-corrected chi connectivity index (χ3v) is 5.50. The zero-order chi connectivity index (χ0) is 19.3. The van der Waals surface area contributed by atoms with Crippen molar-refractivity contribution in [1.29, 1.82) is 0 Å². The molecule has 6 heteroatoms. The zero-order valence-electron chi connectivity index (χ0n) is 17.8. The summed E-state index contributed by atoms with van der Waals surface area (Å²) in [5.41, 5.74) is 0. The predicted octanol–water partition coefficient (Wildman–Crippen LogP) is 3.71. The molecule has 0 aliphatic carbocycles. The van der Waals surface area contributed by atoms with Crippen molar-refractivity contribution in [1.82, 2.24) is 25.4 Å². The molecule has 0 bridgehead atoms. The van der Waals surface area contributed by atoms with Crippen LogP contribution in [0.3, 0.4) is 0 Å². The summed E-state index contributed by atoms with van der Waals surface area (Å²) in [6.07, 6.45) is 13.4. The van der Waals surface area contributed by atoms with E-state index in [0.717, 1.165) is 56.6 Å². The van der Waals surface area contributed by atoms with Crippen LogP contribution in [0.5, 0.6) is 0 Å². The first-order valence-electron chi connectivity index (χ1n) is 11.1. The van der Waals surface area contributed by atoms with Crippen molar-refractivity contribution in [2.75, 3.05) is 20.1 Å². The van der Waals surface area contributed by atoms with Gasteiger partial charge in [0.1, 0.15) is 11.6 Å². The molecule has 0 amide bonds. The highest BCUT2D eigenvalue weighted by Gasteiger charge is 2.14. The maximum atomic E-state index is 4.42. The molecule has 0 radical (unpaired) electrons. The number of aliphatic imine (C=N–C) groups is 1. The van der Waals surface area contributed by atoms with Crippen LogP contribution in [-0.4, -0.2) is 40.9 Å². The molecule has 154 valence electrons. The van der Waals surface area contributed by atoms with Crippen molar-refractivity contribution in [2.24, 2.45) is 10.9 Å². The number of rotatable bonds is 11. The van der Waals surface area contributed by atoms with E-state index in [9.17, 15) is 0 Å². The van der Waals surface area contributed by atoms with Crippen LogP contribution >= 0.6 is 0 Å². The first kappa shape index (κ1) is 21.7. The van der Waals surface area contributed by atoms with Crippen LogP contribution in [-0.2, 0) is 19.4 Å². The molecule has 0 saturated carbocycles. The molecule has 6 nitrogen and oxygen atoms in total. The Morgan fingerprint density at radius 1 is 1.07 bits per heavy atom. The van der Waals surface area contributed by atoms with E-state index in [1.54, 1.807) is 0 Å². The van der Waals surface area contributed by atoms with Crippen molar-refractivity contribution in [3.8, 4) is 0 Å². The van der Waals surface area contributed by atoms with Crippen molar-refractivity contribution in [2.45, 2.75) is 91.0 Å². The molecule has 2 N–H and O–H groups in total. The van der Waals surface area contributed by atoms with E-state index in [4.69, 9.17) is 0 Å². The number of hydrogen-bond acceptors (Lipinski definition) is 3. The molecule has 1 atom stereocenters. The van der Waals surface area contributed by atoms with Crippen LogP contribution in [0, 0.1) is 5.92 Å². The van der Waals surface area contributed by atoms with Gasteiger partial charge >= 0.3 is 0 Å². The third-order valence-electron chi connectivity index (χ3n) is 5.50. The van der Waals surface area contributed by atoms with Gasteiger partial charge in [-0.2, -0.15) is 0 Å². The van der Waals surface area contributed by atoms with Gasteiger partial charge in [-0.25, -0.2) is 0 Å². The fraction of sp³-hybridized carbons (Fsp3) is 0.857. The van der Waals surface area contributed by atoms with Gasteiger partial charge in [0.2, 0.25) is 0 Å². The summed E-state index contributed by atoms with van der Waals surface area (Å²) in [5.74, 6) is 4.01. The standard InChI is InChI=1S/C21H40N6/c1-4-6-12-18(11-5-2)17-24-21(22-3)23-15-10-14-20-26-25-19-13-8-7-9-16-27(19)20/h18H,4-17H2,1-3H3,(H2,22,23,24). The molecule has 1 aliphatic rings. The van der Waals surface area contributed by atoms with Crippen molar-refractivity contribution in [3.63, 3.8) is 0 Å². The minimum absolute atomic E-state index is 0.750. The first-order chi connectivity index (χ1) is 13.3. The average molecular weight is 377 g/mol. The van der Waals surface area contributed by atoms with E-state index in [0.29, 0.717) is 0 Å². The van der Waals surface area contributed by atoms with E-state index < -0.39 is 0 Å². The fourth-order valence-electron chi connectivity index (χ4n) is 3.89. The second-order valence-corrected chi connectivity index (χ2v) is 7.78. The predicted molar refractivity (Wildman–Crippen MR) is 113 cm³/mol. The van der Waals surface area contributed by atoms with Gasteiger partial charge < -0.3 is 15.2 Å². The molecule has 0 saturated heterocycles. The quantitative estimate of drug-likeness (QED) is 0.351. The molecular formula is C21H40N6. The van der Waals surface area contributed by atoms with Gasteiger partial charge in [0.15, 0.2) is 5.96 Å². The molecule has 1 aromatic rings. The molecular weight excluding hydrogens is 336 g/mol. The highest BCUT2D eigenvalue weighted by molar-refractivity contribution is 5.79. The molecule has 2 rings (SSSR count). The Hall–Kier alpha value is -1.59. The van der Waals surface area contributed by atoms with Gasteiger partial charge in [0.25, 0.3) is 0 Å². The number of guanidine groups is 1. The lowest BCUT2D eigenvalue weighted by atomic mass is 9.97. The van der Waals surface area contributed by atoms with E-state index in [1.165, 1.54) is 57.2 Å². The normalized spacial score (nSPS) is 15.9. The number of fused-ring (bicyclic) bond motifs is 1. The first-order valence-corrected chi connectivity index (χ1v) is 11.1.